The van der Waals surface area contributed by atoms with Crippen molar-refractivity contribution < 1.29 is 4.79 Å². The molecular formula is C12H20O. The molecule has 13 heavy (non-hydrogen) atoms. The molecule has 0 aliphatic heterocycles. The van der Waals surface area contributed by atoms with Gasteiger partial charge in [0.2, 0.25) is 0 Å². The summed E-state index contributed by atoms with van der Waals surface area (Å²) in [6, 6.07) is 0. The van der Waals surface area contributed by atoms with Gasteiger partial charge in [-0.2, -0.15) is 0 Å². The van der Waals surface area contributed by atoms with E-state index in [1.165, 1.54) is 25.7 Å². The minimum atomic E-state index is 0.378. The zero-order valence-electron chi connectivity index (χ0n) is 9.02. The van der Waals surface area contributed by atoms with Crippen LogP contribution in [0.15, 0.2) is 0 Å². The first-order chi connectivity index (χ1) is 5.98. The lowest BCUT2D eigenvalue weighted by Crippen LogP contribution is -2.32. The molecule has 74 valence electrons. The maximum atomic E-state index is 11.3. The molecule has 0 unspecified atom stereocenters. The van der Waals surface area contributed by atoms with Crippen molar-refractivity contribution in [3.8, 4) is 0 Å². The zero-order chi connectivity index (χ0) is 9.69. The number of carbonyl (C=O) groups is 1. The first-order valence-electron chi connectivity index (χ1n) is 5.47. The number of ketones is 1. The molecule has 2 bridgehead atoms. The molecule has 0 atom stereocenters. The van der Waals surface area contributed by atoms with Gasteiger partial charge in [0.05, 0.1) is 0 Å². The van der Waals surface area contributed by atoms with Crippen molar-refractivity contribution in [1.82, 2.24) is 0 Å². The number of hydrogen-bond donors (Lipinski definition) is 0. The summed E-state index contributed by atoms with van der Waals surface area (Å²) in [6.45, 7) is 6.50. The fraction of sp³-hybridized carbons (Fsp3) is 0.917. The molecule has 0 N–H and O–H groups in total. The second-order valence-electron chi connectivity index (χ2n) is 5.66. The van der Waals surface area contributed by atoms with E-state index in [4.69, 9.17) is 0 Å². The molecule has 2 rings (SSSR count). The van der Waals surface area contributed by atoms with Crippen LogP contribution in [-0.4, -0.2) is 5.78 Å². The molecular weight excluding hydrogens is 160 g/mol. The van der Waals surface area contributed by atoms with Gasteiger partial charge in [0.25, 0.3) is 0 Å². The molecule has 1 nitrogen and oxygen atoms in total. The van der Waals surface area contributed by atoms with Gasteiger partial charge in [0.1, 0.15) is 5.78 Å². The smallest absolute Gasteiger partial charge is 0.130 e. The number of hydrogen-bond acceptors (Lipinski definition) is 1. The van der Waals surface area contributed by atoms with Crippen LogP contribution < -0.4 is 0 Å². The van der Waals surface area contributed by atoms with Gasteiger partial charge >= 0.3 is 0 Å². The third-order valence-corrected chi connectivity index (χ3v) is 4.92. The topological polar surface area (TPSA) is 17.1 Å². The number of Topliss-reactive ketones (excluding diaryl/α,β-unsaturated/α-hetero) is 1. The van der Waals surface area contributed by atoms with Crippen molar-refractivity contribution in [1.29, 1.82) is 0 Å². The summed E-state index contributed by atoms with van der Waals surface area (Å²) in [5.74, 6) is 1.28. The van der Waals surface area contributed by atoms with E-state index in [1.807, 2.05) is 0 Å². The van der Waals surface area contributed by atoms with Crippen molar-refractivity contribution in [3.63, 3.8) is 0 Å². The standard InChI is InChI=1S/C12H20O/c1-9(13)8-12-6-4-10(5-7-12)11(12,2)3/h10H,4-8H2,1-3H3. The number of rotatable bonds is 2. The van der Waals surface area contributed by atoms with E-state index in [0.29, 0.717) is 16.6 Å². The van der Waals surface area contributed by atoms with Gasteiger partial charge in [-0.05, 0) is 49.4 Å². The molecule has 0 spiro atoms. The van der Waals surface area contributed by atoms with Crippen LogP contribution in [0.25, 0.3) is 0 Å². The second kappa shape index (κ2) is 2.59. The van der Waals surface area contributed by atoms with E-state index in [2.05, 4.69) is 13.8 Å². The van der Waals surface area contributed by atoms with Crippen LogP contribution in [0, 0.1) is 16.7 Å². The molecule has 0 saturated heterocycles. The van der Waals surface area contributed by atoms with Crippen molar-refractivity contribution in [2.75, 3.05) is 0 Å². The molecule has 0 aromatic carbocycles. The van der Waals surface area contributed by atoms with Crippen LogP contribution in [0.2, 0.25) is 0 Å². The quantitative estimate of drug-likeness (QED) is 0.638. The Labute approximate surface area is 80.9 Å². The van der Waals surface area contributed by atoms with Crippen molar-refractivity contribution in [3.05, 3.63) is 0 Å². The first kappa shape index (κ1) is 9.23. The fourth-order valence-corrected chi connectivity index (χ4v) is 3.85. The van der Waals surface area contributed by atoms with Crippen LogP contribution in [-0.2, 0) is 4.79 Å². The van der Waals surface area contributed by atoms with Crippen LogP contribution in [0.1, 0.15) is 52.9 Å². The number of carbonyl (C=O) groups excluding carboxylic acids is 1. The Hall–Kier alpha value is -0.330. The highest BCUT2D eigenvalue weighted by Crippen LogP contribution is 2.67. The minimum absolute atomic E-state index is 0.378. The summed E-state index contributed by atoms with van der Waals surface area (Å²) in [7, 11) is 0. The van der Waals surface area contributed by atoms with E-state index in [1.54, 1.807) is 6.92 Å². The molecule has 1 heteroatoms. The average Bonchev–Trinajstić information content (AvgIpc) is 2.36. The lowest BCUT2D eigenvalue weighted by molar-refractivity contribution is -0.120. The molecule has 0 aromatic heterocycles. The van der Waals surface area contributed by atoms with E-state index >= 15 is 0 Å². The monoisotopic (exact) mass is 180 g/mol. The molecule has 2 aliphatic carbocycles. The van der Waals surface area contributed by atoms with Crippen LogP contribution in [0.4, 0.5) is 0 Å². The van der Waals surface area contributed by atoms with Gasteiger partial charge in [0, 0.05) is 6.42 Å². The van der Waals surface area contributed by atoms with Crippen molar-refractivity contribution >= 4 is 5.78 Å². The van der Waals surface area contributed by atoms with Gasteiger partial charge in [-0.25, -0.2) is 0 Å². The first-order valence-corrected chi connectivity index (χ1v) is 5.47. The lowest BCUT2D eigenvalue weighted by Gasteiger charge is -2.37. The summed E-state index contributed by atoms with van der Waals surface area (Å²) in [4.78, 5) is 11.3. The van der Waals surface area contributed by atoms with Gasteiger partial charge in [-0.1, -0.05) is 13.8 Å². The Morgan fingerprint density at radius 1 is 1.31 bits per heavy atom. The zero-order valence-corrected chi connectivity index (χ0v) is 9.02. The third-order valence-electron chi connectivity index (χ3n) is 4.92. The summed E-state index contributed by atoms with van der Waals surface area (Å²) in [6.07, 6.45) is 6.14. The Morgan fingerprint density at radius 3 is 2.15 bits per heavy atom. The van der Waals surface area contributed by atoms with Gasteiger partial charge in [-0.15, -0.1) is 0 Å². The summed E-state index contributed by atoms with van der Waals surface area (Å²) < 4.78 is 0. The van der Waals surface area contributed by atoms with E-state index in [0.717, 1.165) is 12.3 Å². The Balaban J connectivity index is 2.26. The molecule has 0 aromatic rings. The van der Waals surface area contributed by atoms with Gasteiger partial charge < -0.3 is 4.79 Å². The van der Waals surface area contributed by atoms with Crippen LogP contribution in [0.5, 0.6) is 0 Å². The largest absolute Gasteiger partial charge is 0.300 e. The Bertz CT molecular complexity index is 232. The molecule has 2 aliphatic rings. The highest BCUT2D eigenvalue weighted by molar-refractivity contribution is 5.76. The summed E-state index contributed by atoms with van der Waals surface area (Å²) in [5.41, 5.74) is 0.808. The minimum Gasteiger partial charge on any atom is -0.300 e. The van der Waals surface area contributed by atoms with Crippen molar-refractivity contribution in [2.24, 2.45) is 16.7 Å². The lowest BCUT2D eigenvalue weighted by atomic mass is 9.67. The normalized spacial score (nSPS) is 41.0. The molecule has 0 radical (unpaired) electrons. The highest BCUT2D eigenvalue weighted by atomic mass is 16.1. The van der Waals surface area contributed by atoms with E-state index in [-0.39, 0.29) is 0 Å². The fourth-order valence-electron chi connectivity index (χ4n) is 3.85. The molecule has 0 heterocycles. The predicted octanol–water partition coefficient (Wildman–Crippen LogP) is 3.18. The SMILES string of the molecule is CC(=O)CC12CCC(CC1)C2(C)C. The molecule has 0 amide bonds. The maximum Gasteiger partial charge on any atom is 0.130 e. The van der Waals surface area contributed by atoms with E-state index in [9.17, 15) is 4.79 Å². The maximum absolute atomic E-state index is 11.3. The van der Waals surface area contributed by atoms with Gasteiger partial charge in [-0.3, -0.25) is 0 Å². The van der Waals surface area contributed by atoms with Crippen molar-refractivity contribution in [2.45, 2.75) is 52.9 Å². The Morgan fingerprint density at radius 2 is 1.85 bits per heavy atom. The third kappa shape index (κ3) is 1.09. The predicted molar refractivity (Wildman–Crippen MR) is 53.5 cm³/mol. The van der Waals surface area contributed by atoms with E-state index < -0.39 is 0 Å². The van der Waals surface area contributed by atoms with Crippen LogP contribution in [0.3, 0.4) is 0 Å². The van der Waals surface area contributed by atoms with Crippen LogP contribution >= 0.6 is 0 Å². The highest BCUT2D eigenvalue weighted by Gasteiger charge is 2.58. The number of fused-ring (bicyclic) bond motifs is 2. The van der Waals surface area contributed by atoms with Gasteiger partial charge in [0.15, 0.2) is 0 Å². The molecule has 2 saturated carbocycles. The molecule has 2 fully saturated rings. The average molecular weight is 180 g/mol. The second-order valence-corrected chi connectivity index (χ2v) is 5.66. The summed E-state index contributed by atoms with van der Waals surface area (Å²) in [5, 5.41) is 0. The Kier molecular flexibility index (Phi) is 1.84. The summed E-state index contributed by atoms with van der Waals surface area (Å²) >= 11 is 0.